The summed E-state index contributed by atoms with van der Waals surface area (Å²) in [5, 5.41) is 12.6. The molecule has 7 heteroatoms. The number of carbonyl (C=O) groups excluding carboxylic acids is 1. The molecule has 2 N–H and O–H groups in total. The van der Waals surface area contributed by atoms with Gasteiger partial charge in [-0.3, -0.25) is 4.79 Å². The van der Waals surface area contributed by atoms with Gasteiger partial charge in [0.2, 0.25) is 0 Å². The second-order valence-electron chi connectivity index (χ2n) is 5.37. The number of aryl methyl sites for hydroxylation is 1. The molecule has 0 saturated carbocycles. The van der Waals surface area contributed by atoms with Crippen molar-refractivity contribution >= 4 is 18.5 Å². The summed E-state index contributed by atoms with van der Waals surface area (Å²) in [6.45, 7) is 1.22. The zero-order chi connectivity index (χ0) is 14.4. The van der Waals surface area contributed by atoms with E-state index in [2.05, 4.69) is 14.9 Å². The van der Waals surface area contributed by atoms with Crippen molar-refractivity contribution in [2.45, 2.75) is 25.6 Å². The number of hydrogen-bond acceptors (Lipinski definition) is 4. The summed E-state index contributed by atoms with van der Waals surface area (Å²) >= 11 is 0. The van der Waals surface area contributed by atoms with E-state index < -0.39 is 7.12 Å². The zero-order valence-electron chi connectivity index (χ0n) is 11.3. The monoisotopic (exact) mass is 283 g/mol. The Balaban J connectivity index is 1.54. The molecule has 6 nitrogen and oxygen atoms in total. The van der Waals surface area contributed by atoms with Crippen molar-refractivity contribution < 1.29 is 14.5 Å². The highest BCUT2D eigenvalue weighted by molar-refractivity contribution is 6.61. The normalized spacial score (nSPS) is 19.5. The first-order valence-corrected chi connectivity index (χ1v) is 6.97. The molecule has 2 aromatic rings. The third-order valence-electron chi connectivity index (χ3n) is 4.09. The van der Waals surface area contributed by atoms with Crippen LogP contribution in [0.4, 0.5) is 0 Å². The Kier molecular flexibility index (Phi) is 2.83. The Morgan fingerprint density at radius 2 is 2.43 bits per heavy atom. The van der Waals surface area contributed by atoms with E-state index >= 15 is 0 Å². The van der Waals surface area contributed by atoms with Crippen molar-refractivity contribution in [3.05, 3.63) is 47.5 Å². The standard InChI is InChI=1S/C14H14BN3O3/c19-14(17-12-3-5-18-6-4-16-13(12)18)9-1-2-11-10(7-9)8-21-15(11)20/h1-2,4,6-7,12,20H,3,5,8H2,(H,17,19). The predicted octanol–water partition coefficient (Wildman–Crippen LogP) is -0.0244. The number of carbonyl (C=O) groups is 1. The van der Waals surface area contributed by atoms with Crippen LogP contribution in [0.1, 0.15) is 34.2 Å². The van der Waals surface area contributed by atoms with Crippen LogP contribution in [0, 0.1) is 0 Å². The minimum Gasteiger partial charge on any atom is -0.423 e. The summed E-state index contributed by atoms with van der Waals surface area (Å²) in [5.74, 6) is 0.781. The van der Waals surface area contributed by atoms with Gasteiger partial charge in [0.15, 0.2) is 0 Å². The first-order chi connectivity index (χ1) is 10.2. The summed E-state index contributed by atoms with van der Waals surface area (Å²) in [6, 6.07) is 5.20. The molecule has 106 valence electrons. The first-order valence-electron chi connectivity index (χ1n) is 6.97. The average molecular weight is 283 g/mol. The van der Waals surface area contributed by atoms with Gasteiger partial charge in [0, 0.05) is 24.5 Å². The maximum absolute atomic E-state index is 12.4. The van der Waals surface area contributed by atoms with Crippen LogP contribution in [0.5, 0.6) is 0 Å². The van der Waals surface area contributed by atoms with Crippen molar-refractivity contribution in [3.8, 4) is 0 Å². The van der Waals surface area contributed by atoms with Gasteiger partial charge in [-0.25, -0.2) is 4.98 Å². The number of aromatic nitrogens is 2. The quantitative estimate of drug-likeness (QED) is 0.759. The second-order valence-corrected chi connectivity index (χ2v) is 5.37. The second kappa shape index (κ2) is 4.72. The van der Waals surface area contributed by atoms with Crippen LogP contribution < -0.4 is 10.8 Å². The van der Waals surface area contributed by atoms with Gasteiger partial charge in [-0.2, -0.15) is 0 Å². The number of benzene rings is 1. The number of imidazole rings is 1. The molecule has 2 aliphatic heterocycles. The van der Waals surface area contributed by atoms with Gasteiger partial charge in [0.05, 0.1) is 12.6 Å². The van der Waals surface area contributed by atoms with Gasteiger partial charge in [0.25, 0.3) is 5.91 Å². The third kappa shape index (κ3) is 2.05. The van der Waals surface area contributed by atoms with Crippen LogP contribution in [0.15, 0.2) is 30.6 Å². The number of amides is 1. The Hall–Kier alpha value is -2.12. The molecule has 1 atom stereocenters. The van der Waals surface area contributed by atoms with E-state index in [1.54, 1.807) is 24.4 Å². The Labute approximate surface area is 121 Å². The van der Waals surface area contributed by atoms with E-state index in [0.717, 1.165) is 29.8 Å². The first kappa shape index (κ1) is 12.6. The lowest BCUT2D eigenvalue weighted by Crippen LogP contribution is -2.30. The van der Waals surface area contributed by atoms with Crippen LogP contribution in [0.25, 0.3) is 0 Å². The fraction of sp³-hybridized carbons (Fsp3) is 0.286. The van der Waals surface area contributed by atoms with Gasteiger partial charge < -0.3 is 19.6 Å². The molecule has 1 aromatic carbocycles. The lowest BCUT2D eigenvalue weighted by Gasteiger charge is -2.12. The highest BCUT2D eigenvalue weighted by atomic mass is 16.5. The summed E-state index contributed by atoms with van der Waals surface area (Å²) in [4.78, 5) is 16.7. The Morgan fingerprint density at radius 1 is 1.52 bits per heavy atom. The minimum atomic E-state index is -0.876. The van der Waals surface area contributed by atoms with Gasteiger partial charge in [0.1, 0.15) is 5.82 Å². The molecule has 21 heavy (non-hydrogen) atoms. The van der Waals surface area contributed by atoms with Gasteiger partial charge in [-0.05, 0) is 29.6 Å². The molecule has 1 unspecified atom stereocenters. The van der Waals surface area contributed by atoms with Crippen molar-refractivity contribution in [1.82, 2.24) is 14.9 Å². The summed E-state index contributed by atoms with van der Waals surface area (Å²) in [7, 11) is -0.876. The van der Waals surface area contributed by atoms with Crippen LogP contribution in [0.3, 0.4) is 0 Å². The molecule has 0 bridgehead atoms. The highest BCUT2D eigenvalue weighted by Crippen LogP contribution is 2.24. The summed E-state index contributed by atoms with van der Waals surface area (Å²) in [5.41, 5.74) is 2.18. The van der Waals surface area contributed by atoms with Crippen LogP contribution in [-0.4, -0.2) is 27.6 Å². The molecular formula is C14H14BN3O3. The summed E-state index contributed by atoms with van der Waals surface area (Å²) < 4.78 is 7.19. The van der Waals surface area contributed by atoms with Crippen LogP contribution in [-0.2, 0) is 17.8 Å². The van der Waals surface area contributed by atoms with Crippen molar-refractivity contribution in [2.75, 3.05) is 0 Å². The van der Waals surface area contributed by atoms with Gasteiger partial charge in [-0.1, -0.05) is 6.07 Å². The van der Waals surface area contributed by atoms with Crippen LogP contribution in [0.2, 0.25) is 0 Å². The number of rotatable bonds is 2. The lowest BCUT2D eigenvalue weighted by molar-refractivity contribution is 0.0936. The smallest absolute Gasteiger partial charge is 0.423 e. The molecule has 1 amide bonds. The van der Waals surface area contributed by atoms with E-state index in [1.165, 1.54) is 0 Å². The molecule has 1 aromatic heterocycles. The van der Waals surface area contributed by atoms with E-state index in [0.29, 0.717) is 12.2 Å². The highest BCUT2D eigenvalue weighted by Gasteiger charge is 2.29. The Bertz CT molecular complexity index is 715. The zero-order valence-corrected chi connectivity index (χ0v) is 11.3. The number of hydrogen-bond donors (Lipinski definition) is 2. The van der Waals surface area contributed by atoms with Crippen molar-refractivity contribution in [3.63, 3.8) is 0 Å². The SMILES string of the molecule is O=C(NC1CCn2ccnc21)c1ccc2c(c1)COB2O. The number of fused-ring (bicyclic) bond motifs is 2. The molecule has 0 spiro atoms. The topological polar surface area (TPSA) is 76.4 Å². The summed E-state index contributed by atoms with van der Waals surface area (Å²) in [6.07, 6.45) is 4.54. The van der Waals surface area contributed by atoms with Crippen molar-refractivity contribution in [2.24, 2.45) is 0 Å². The number of nitrogens with one attached hydrogen (secondary N) is 1. The van der Waals surface area contributed by atoms with Crippen LogP contribution >= 0.6 is 0 Å². The molecule has 4 rings (SSSR count). The molecular weight excluding hydrogens is 269 g/mol. The molecule has 0 radical (unpaired) electrons. The largest absolute Gasteiger partial charge is 0.491 e. The van der Waals surface area contributed by atoms with Crippen molar-refractivity contribution in [1.29, 1.82) is 0 Å². The minimum absolute atomic E-state index is 0.0393. The predicted molar refractivity (Wildman–Crippen MR) is 75.9 cm³/mol. The van der Waals surface area contributed by atoms with E-state index in [-0.39, 0.29) is 11.9 Å². The van der Waals surface area contributed by atoms with Gasteiger partial charge in [-0.15, -0.1) is 0 Å². The maximum Gasteiger partial charge on any atom is 0.491 e. The molecule has 0 saturated heterocycles. The van der Waals surface area contributed by atoms with Gasteiger partial charge >= 0.3 is 7.12 Å². The van der Waals surface area contributed by atoms with E-state index in [4.69, 9.17) is 4.65 Å². The van der Waals surface area contributed by atoms with E-state index in [9.17, 15) is 9.82 Å². The van der Waals surface area contributed by atoms with E-state index in [1.807, 2.05) is 6.20 Å². The molecule has 2 aliphatic rings. The number of nitrogens with zero attached hydrogens (tertiary/aromatic N) is 2. The third-order valence-corrected chi connectivity index (χ3v) is 4.09. The average Bonchev–Trinajstić information content (AvgIpc) is 3.17. The molecule has 0 fully saturated rings. The lowest BCUT2D eigenvalue weighted by atomic mass is 9.79. The fourth-order valence-electron chi connectivity index (χ4n) is 2.97. The fourth-order valence-corrected chi connectivity index (χ4v) is 2.97. The molecule has 3 heterocycles. The maximum atomic E-state index is 12.4. The Morgan fingerprint density at radius 3 is 3.33 bits per heavy atom. The molecule has 0 aliphatic carbocycles.